The van der Waals surface area contributed by atoms with Gasteiger partial charge in [0, 0.05) is 27.7 Å². The zero-order chi connectivity index (χ0) is 21.6. The number of hydrogen-bond donors (Lipinski definition) is 1. The molecule has 10 nitrogen and oxygen atoms in total. The van der Waals surface area contributed by atoms with Gasteiger partial charge in [0.05, 0.1) is 5.60 Å². The molecule has 1 amide bonds. The molecule has 1 heterocycles. The molecule has 0 spiro atoms. The Bertz CT molecular complexity index is 598. The molecule has 0 aliphatic carbocycles. The fourth-order valence-corrected chi connectivity index (χ4v) is 2.74. The Kier molecular flexibility index (Phi) is 8.37. The van der Waals surface area contributed by atoms with Gasteiger partial charge >= 0.3 is 17.9 Å². The van der Waals surface area contributed by atoms with Gasteiger partial charge in [-0.1, -0.05) is 0 Å². The molecule has 0 bridgehead atoms. The van der Waals surface area contributed by atoms with E-state index in [2.05, 4.69) is 5.32 Å². The van der Waals surface area contributed by atoms with Crippen LogP contribution in [-0.2, 0) is 42.9 Å². The first-order valence-electron chi connectivity index (χ1n) is 8.88. The van der Waals surface area contributed by atoms with Gasteiger partial charge in [-0.3, -0.25) is 19.2 Å². The van der Waals surface area contributed by atoms with Crippen LogP contribution in [0, 0.1) is 0 Å². The Morgan fingerprint density at radius 2 is 1.43 bits per heavy atom. The summed E-state index contributed by atoms with van der Waals surface area (Å²) in [4.78, 5) is 46.3. The summed E-state index contributed by atoms with van der Waals surface area (Å²) in [6.45, 7) is 9.94. The maximum Gasteiger partial charge on any atom is 0.303 e. The number of carbonyl (C=O) groups excluding carboxylic acids is 4. The lowest BCUT2D eigenvalue weighted by Gasteiger charge is -2.46. The first kappa shape index (κ1) is 23.8. The molecule has 0 aromatic rings. The van der Waals surface area contributed by atoms with Crippen molar-refractivity contribution in [3.05, 3.63) is 0 Å². The average Bonchev–Trinajstić information content (AvgIpc) is 2.48. The predicted molar refractivity (Wildman–Crippen MR) is 94.8 cm³/mol. The predicted octanol–water partition coefficient (Wildman–Crippen LogP) is 0.458. The van der Waals surface area contributed by atoms with E-state index in [1.165, 1.54) is 27.7 Å². The van der Waals surface area contributed by atoms with E-state index >= 15 is 0 Å². The van der Waals surface area contributed by atoms with Gasteiger partial charge in [0.25, 0.3) is 0 Å². The molecule has 28 heavy (non-hydrogen) atoms. The van der Waals surface area contributed by atoms with Gasteiger partial charge in [0.2, 0.25) is 5.91 Å². The molecular formula is C18H29NO9. The highest BCUT2D eigenvalue weighted by atomic mass is 16.7. The Labute approximate surface area is 164 Å². The van der Waals surface area contributed by atoms with Crippen LogP contribution in [0.15, 0.2) is 0 Å². The normalized spacial score (nSPS) is 27.5. The lowest BCUT2D eigenvalue weighted by Crippen LogP contribution is -2.67. The van der Waals surface area contributed by atoms with Gasteiger partial charge in [-0.15, -0.1) is 0 Å². The van der Waals surface area contributed by atoms with Crippen LogP contribution >= 0.6 is 0 Å². The molecule has 1 rings (SSSR count). The Balaban J connectivity index is 3.33. The van der Waals surface area contributed by atoms with E-state index < -0.39 is 60.1 Å². The summed E-state index contributed by atoms with van der Waals surface area (Å²) in [7, 11) is 0. The third-order valence-electron chi connectivity index (χ3n) is 3.54. The molecule has 1 saturated heterocycles. The molecule has 10 heteroatoms. The lowest BCUT2D eigenvalue weighted by molar-refractivity contribution is -0.297. The Morgan fingerprint density at radius 1 is 0.893 bits per heavy atom. The fourth-order valence-electron chi connectivity index (χ4n) is 2.74. The van der Waals surface area contributed by atoms with E-state index in [0.717, 1.165) is 0 Å². The summed E-state index contributed by atoms with van der Waals surface area (Å²) < 4.78 is 27.4. The second-order valence-electron chi connectivity index (χ2n) is 7.45. The molecule has 1 fully saturated rings. The molecule has 0 radical (unpaired) electrons. The van der Waals surface area contributed by atoms with Gasteiger partial charge in [0.15, 0.2) is 18.5 Å². The number of rotatable bonds is 6. The smallest absolute Gasteiger partial charge is 0.303 e. The highest BCUT2D eigenvalue weighted by Crippen LogP contribution is 2.30. The summed E-state index contributed by atoms with van der Waals surface area (Å²) in [6.07, 6.45) is -4.28. The number of nitrogens with one attached hydrogen (secondary N) is 1. The summed E-state index contributed by atoms with van der Waals surface area (Å²) in [6, 6.07) is -0.960. The van der Waals surface area contributed by atoms with Crippen LogP contribution in [0.4, 0.5) is 0 Å². The number of ether oxygens (including phenoxy) is 5. The zero-order valence-corrected chi connectivity index (χ0v) is 17.3. The van der Waals surface area contributed by atoms with Gasteiger partial charge in [-0.05, 0) is 20.8 Å². The standard InChI is InChI=1S/C18H29NO9/c1-9(20)19-14-16(26-12(4)23)15(25-11(3)22)13(8-24-10(2)21)27-17(14)28-18(5,6)7/h13-17H,8H2,1-7H3,(H,19,20)/t13-,14+,15+,16+,17+/m0/s1. The quantitative estimate of drug-likeness (QED) is 0.497. The maximum absolute atomic E-state index is 11.7. The minimum absolute atomic E-state index is 0.262. The molecule has 0 unspecified atom stereocenters. The first-order valence-corrected chi connectivity index (χ1v) is 8.88. The van der Waals surface area contributed by atoms with E-state index in [4.69, 9.17) is 23.7 Å². The first-order chi connectivity index (χ1) is 12.8. The molecule has 1 aliphatic rings. The van der Waals surface area contributed by atoms with Crippen molar-refractivity contribution in [1.82, 2.24) is 5.32 Å². The molecule has 5 atom stereocenters. The van der Waals surface area contributed by atoms with Gasteiger partial charge < -0.3 is 29.0 Å². The third kappa shape index (κ3) is 7.81. The monoisotopic (exact) mass is 403 g/mol. The van der Waals surface area contributed by atoms with E-state index in [1.54, 1.807) is 20.8 Å². The summed E-state index contributed by atoms with van der Waals surface area (Å²) in [5.41, 5.74) is -0.678. The van der Waals surface area contributed by atoms with Crippen molar-refractivity contribution in [2.24, 2.45) is 0 Å². The summed E-state index contributed by atoms with van der Waals surface area (Å²) in [5.74, 6) is -2.30. The van der Waals surface area contributed by atoms with Crippen molar-refractivity contribution in [3.8, 4) is 0 Å². The summed E-state index contributed by atoms with van der Waals surface area (Å²) in [5, 5.41) is 2.63. The van der Waals surface area contributed by atoms with Crippen molar-refractivity contribution in [2.45, 2.75) is 84.7 Å². The van der Waals surface area contributed by atoms with Crippen LogP contribution in [-0.4, -0.2) is 66.7 Å². The van der Waals surface area contributed by atoms with E-state index in [9.17, 15) is 19.2 Å². The van der Waals surface area contributed by atoms with Crippen LogP contribution in [0.1, 0.15) is 48.5 Å². The lowest BCUT2D eigenvalue weighted by atomic mass is 9.95. The minimum atomic E-state index is -1.13. The van der Waals surface area contributed by atoms with E-state index in [-0.39, 0.29) is 6.61 Å². The SMILES string of the molecule is CC(=O)N[C@H]1[C@@H](OC(C)(C)C)O[C@@H](COC(C)=O)[C@@H](OC(C)=O)[C@@H]1OC(C)=O. The summed E-state index contributed by atoms with van der Waals surface area (Å²) >= 11 is 0. The second kappa shape index (κ2) is 9.83. The van der Waals surface area contributed by atoms with Crippen LogP contribution in [0.2, 0.25) is 0 Å². The third-order valence-corrected chi connectivity index (χ3v) is 3.54. The van der Waals surface area contributed by atoms with Crippen LogP contribution in [0.3, 0.4) is 0 Å². The topological polar surface area (TPSA) is 126 Å². The maximum atomic E-state index is 11.7. The van der Waals surface area contributed by atoms with Crippen LogP contribution in [0.5, 0.6) is 0 Å². The number of carbonyl (C=O) groups is 4. The van der Waals surface area contributed by atoms with E-state index in [0.29, 0.717) is 0 Å². The number of amides is 1. The Hall–Kier alpha value is -2.20. The molecule has 1 aliphatic heterocycles. The molecule has 1 N–H and O–H groups in total. The Morgan fingerprint density at radius 3 is 1.86 bits per heavy atom. The fraction of sp³-hybridized carbons (Fsp3) is 0.778. The highest BCUT2D eigenvalue weighted by molar-refractivity contribution is 5.73. The van der Waals surface area contributed by atoms with Gasteiger partial charge in [0.1, 0.15) is 18.8 Å². The number of esters is 3. The number of hydrogen-bond acceptors (Lipinski definition) is 9. The van der Waals surface area contributed by atoms with Crippen molar-refractivity contribution < 1.29 is 42.9 Å². The minimum Gasteiger partial charge on any atom is -0.463 e. The zero-order valence-electron chi connectivity index (χ0n) is 17.3. The molecule has 0 aromatic carbocycles. The van der Waals surface area contributed by atoms with Gasteiger partial charge in [-0.2, -0.15) is 0 Å². The second-order valence-corrected chi connectivity index (χ2v) is 7.45. The highest BCUT2D eigenvalue weighted by Gasteiger charge is 2.52. The van der Waals surface area contributed by atoms with Crippen molar-refractivity contribution in [2.75, 3.05) is 6.61 Å². The van der Waals surface area contributed by atoms with Crippen molar-refractivity contribution >= 4 is 23.8 Å². The largest absolute Gasteiger partial charge is 0.463 e. The molecular weight excluding hydrogens is 374 g/mol. The van der Waals surface area contributed by atoms with Crippen LogP contribution < -0.4 is 5.32 Å². The van der Waals surface area contributed by atoms with Crippen molar-refractivity contribution in [1.29, 1.82) is 0 Å². The van der Waals surface area contributed by atoms with Gasteiger partial charge in [-0.25, -0.2) is 0 Å². The van der Waals surface area contributed by atoms with E-state index in [1.807, 2.05) is 0 Å². The molecule has 0 saturated carbocycles. The molecule has 160 valence electrons. The average molecular weight is 403 g/mol. The molecule has 0 aromatic heterocycles. The van der Waals surface area contributed by atoms with Crippen LogP contribution in [0.25, 0.3) is 0 Å². The van der Waals surface area contributed by atoms with Crippen molar-refractivity contribution in [3.63, 3.8) is 0 Å².